The van der Waals surface area contributed by atoms with Crippen molar-refractivity contribution < 1.29 is 13.9 Å². The van der Waals surface area contributed by atoms with Crippen LogP contribution in [-0.2, 0) is 4.79 Å². The number of hydrogen-bond acceptors (Lipinski definition) is 2. The predicted octanol–water partition coefficient (Wildman–Crippen LogP) is 3.65. The molecule has 0 bridgehead atoms. The molecule has 1 amide bonds. The Labute approximate surface area is 117 Å². The first kappa shape index (κ1) is 12.2. The Morgan fingerprint density at radius 1 is 1.16 bits per heavy atom. The average Bonchev–Trinajstić information content (AvgIpc) is 2.40. The van der Waals surface area contributed by atoms with Crippen LogP contribution in [0.1, 0.15) is 0 Å². The van der Waals surface area contributed by atoms with Crippen LogP contribution >= 0.6 is 15.9 Å². The molecule has 0 spiro atoms. The molecule has 0 aliphatic carbocycles. The van der Waals surface area contributed by atoms with Gasteiger partial charge in [-0.3, -0.25) is 9.69 Å². The quantitative estimate of drug-likeness (QED) is 0.802. The first-order chi connectivity index (χ1) is 9.15. The van der Waals surface area contributed by atoms with Crippen LogP contribution in [-0.4, -0.2) is 12.5 Å². The van der Waals surface area contributed by atoms with E-state index in [9.17, 15) is 9.18 Å². The predicted molar refractivity (Wildman–Crippen MR) is 73.2 cm³/mol. The third-order valence-electron chi connectivity index (χ3n) is 2.85. The molecule has 0 unspecified atom stereocenters. The number of hydrogen-bond donors (Lipinski definition) is 0. The van der Waals surface area contributed by atoms with Gasteiger partial charge in [0.25, 0.3) is 5.91 Å². The van der Waals surface area contributed by atoms with Gasteiger partial charge in [0, 0.05) is 10.2 Å². The van der Waals surface area contributed by atoms with Crippen LogP contribution < -0.4 is 9.64 Å². The van der Waals surface area contributed by atoms with Gasteiger partial charge in [-0.15, -0.1) is 0 Å². The molecule has 1 aliphatic rings. The molecule has 0 fully saturated rings. The summed E-state index contributed by atoms with van der Waals surface area (Å²) < 4.78 is 19.2. The van der Waals surface area contributed by atoms with Gasteiger partial charge in [0.05, 0.1) is 5.69 Å². The number of carbonyl (C=O) groups is 1. The fourth-order valence-electron chi connectivity index (χ4n) is 2.00. The van der Waals surface area contributed by atoms with E-state index < -0.39 is 0 Å². The lowest BCUT2D eigenvalue weighted by molar-refractivity contribution is -0.120. The van der Waals surface area contributed by atoms with Crippen molar-refractivity contribution in [2.24, 2.45) is 0 Å². The highest BCUT2D eigenvalue weighted by molar-refractivity contribution is 9.10. The molecule has 0 radical (unpaired) electrons. The van der Waals surface area contributed by atoms with Gasteiger partial charge in [-0.05, 0) is 42.5 Å². The van der Waals surface area contributed by atoms with Crippen LogP contribution in [0.25, 0.3) is 0 Å². The molecule has 1 heterocycles. The summed E-state index contributed by atoms with van der Waals surface area (Å²) >= 11 is 3.37. The number of benzene rings is 2. The van der Waals surface area contributed by atoms with E-state index in [1.807, 2.05) is 6.07 Å². The lowest BCUT2D eigenvalue weighted by atomic mass is 10.2. The van der Waals surface area contributed by atoms with Crippen LogP contribution in [0.2, 0.25) is 0 Å². The summed E-state index contributed by atoms with van der Waals surface area (Å²) in [6.45, 7) is -0.0218. The highest BCUT2D eigenvalue weighted by atomic mass is 79.9. The number of anilines is 2. The summed E-state index contributed by atoms with van der Waals surface area (Å²) in [5.74, 6) is 0.114. The second kappa shape index (κ2) is 4.66. The van der Waals surface area contributed by atoms with Gasteiger partial charge >= 0.3 is 0 Å². The van der Waals surface area contributed by atoms with Gasteiger partial charge in [0.1, 0.15) is 11.6 Å². The molecular weight excluding hydrogens is 313 g/mol. The van der Waals surface area contributed by atoms with Crippen LogP contribution in [0.3, 0.4) is 0 Å². The van der Waals surface area contributed by atoms with Gasteiger partial charge in [0.2, 0.25) is 0 Å². The van der Waals surface area contributed by atoms with Gasteiger partial charge in [-0.25, -0.2) is 4.39 Å². The lowest BCUT2D eigenvalue weighted by Crippen LogP contribution is -2.35. The van der Waals surface area contributed by atoms with E-state index in [2.05, 4.69) is 15.9 Å². The summed E-state index contributed by atoms with van der Waals surface area (Å²) in [5.41, 5.74) is 1.27. The van der Waals surface area contributed by atoms with E-state index in [0.29, 0.717) is 17.1 Å². The van der Waals surface area contributed by atoms with Gasteiger partial charge in [-0.2, -0.15) is 0 Å². The summed E-state index contributed by atoms with van der Waals surface area (Å²) in [7, 11) is 0. The maximum atomic E-state index is 13.0. The number of amides is 1. The summed E-state index contributed by atoms with van der Waals surface area (Å²) in [6, 6.07) is 11.2. The first-order valence-electron chi connectivity index (χ1n) is 5.66. The molecule has 0 N–H and O–H groups in total. The van der Waals surface area contributed by atoms with E-state index in [0.717, 1.165) is 4.47 Å². The number of ether oxygens (including phenoxy) is 1. The minimum atomic E-state index is -0.334. The van der Waals surface area contributed by atoms with Crippen molar-refractivity contribution in [2.75, 3.05) is 11.5 Å². The van der Waals surface area contributed by atoms with E-state index in [4.69, 9.17) is 4.74 Å². The van der Waals surface area contributed by atoms with Gasteiger partial charge in [0.15, 0.2) is 6.61 Å². The highest BCUT2D eigenvalue weighted by Crippen LogP contribution is 2.38. The molecule has 1 aliphatic heterocycles. The molecule has 0 saturated carbocycles. The molecule has 2 aromatic carbocycles. The zero-order valence-electron chi connectivity index (χ0n) is 9.77. The number of rotatable bonds is 1. The Kier molecular flexibility index (Phi) is 2.98. The van der Waals surface area contributed by atoms with E-state index in [1.54, 1.807) is 24.3 Å². The lowest BCUT2D eigenvalue weighted by Gasteiger charge is -2.29. The Balaban J connectivity index is 2.12. The van der Waals surface area contributed by atoms with Crippen molar-refractivity contribution in [3.05, 3.63) is 52.8 Å². The Bertz CT molecular complexity index is 642. The standard InChI is InChI=1S/C14H9BrFNO2/c15-9-1-6-13-12(7-9)17(14(18)8-19-13)11-4-2-10(16)3-5-11/h1-7H,8H2. The smallest absolute Gasteiger partial charge is 0.269 e. The SMILES string of the molecule is O=C1COc2ccc(Br)cc2N1c1ccc(F)cc1. The van der Waals surface area contributed by atoms with Crippen molar-refractivity contribution in [1.29, 1.82) is 0 Å². The summed E-state index contributed by atoms with van der Waals surface area (Å²) in [4.78, 5) is 13.6. The molecule has 2 aromatic rings. The Hall–Kier alpha value is -1.88. The maximum absolute atomic E-state index is 13.0. The number of fused-ring (bicyclic) bond motifs is 1. The van der Waals surface area contributed by atoms with Crippen LogP contribution in [0.4, 0.5) is 15.8 Å². The summed E-state index contributed by atoms with van der Waals surface area (Å²) in [6.07, 6.45) is 0. The number of nitrogens with zero attached hydrogens (tertiary/aromatic N) is 1. The minimum Gasteiger partial charge on any atom is -0.482 e. The third-order valence-corrected chi connectivity index (χ3v) is 3.34. The minimum absolute atomic E-state index is 0.0218. The molecule has 0 atom stereocenters. The monoisotopic (exact) mass is 321 g/mol. The molecule has 3 nitrogen and oxygen atoms in total. The van der Waals surface area contributed by atoms with E-state index in [1.165, 1.54) is 17.0 Å². The molecular formula is C14H9BrFNO2. The van der Waals surface area contributed by atoms with Crippen LogP contribution in [0.5, 0.6) is 5.75 Å². The van der Waals surface area contributed by atoms with Gasteiger partial charge < -0.3 is 4.74 Å². The van der Waals surface area contributed by atoms with Crippen LogP contribution in [0.15, 0.2) is 46.9 Å². The number of carbonyl (C=O) groups excluding carboxylic acids is 1. The van der Waals surface area contributed by atoms with Crippen molar-refractivity contribution in [3.8, 4) is 5.75 Å². The van der Waals surface area contributed by atoms with Crippen molar-refractivity contribution in [1.82, 2.24) is 0 Å². The molecule has 0 saturated heterocycles. The highest BCUT2D eigenvalue weighted by Gasteiger charge is 2.27. The third kappa shape index (κ3) is 2.21. The van der Waals surface area contributed by atoms with Crippen molar-refractivity contribution in [2.45, 2.75) is 0 Å². The normalized spacial score (nSPS) is 14.0. The number of halogens is 2. The molecule has 3 rings (SSSR count). The zero-order chi connectivity index (χ0) is 13.4. The molecule has 5 heteroatoms. The largest absolute Gasteiger partial charge is 0.482 e. The average molecular weight is 322 g/mol. The topological polar surface area (TPSA) is 29.5 Å². The summed E-state index contributed by atoms with van der Waals surface area (Å²) in [5, 5.41) is 0. The van der Waals surface area contributed by atoms with Gasteiger partial charge in [-0.1, -0.05) is 15.9 Å². The second-order valence-corrected chi connectivity index (χ2v) is 5.02. The first-order valence-corrected chi connectivity index (χ1v) is 6.45. The molecule has 0 aromatic heterocycles. The Morgan fingerprint density at radius 3 is 2.63 bits per heavy atom. The van der Waals surface area contributed by atoms with Crippen molar-refractivity contribution in [3.63, 3.8) is 0 Å². The fourth-order valence-corrected chi connectivity index (χ4v) is 2.35. The van der Waals surface area contributed by atoms with Crippen LogP contribution in [0, 0.1) is 5.82 Å². The zero-order valence-corrected chi connectivity index (χ0v) is 11.4. The maximum Gasteiger partial charge on any atom is 0.269 e. The van der Waals surface area contributed by atoms with E-state index >= 15 is 0 Å². The molecule has 96 valence electrons. The fraction of sp³-hybridized carbons (Fsp3) is 0.0714. The van der Waals surface area contributed by atoms with E-state index in [-0.39, 0.29) is 18.3 Å². The second-order valence-electron chi connectivity index (χ2n) is 4.11. The van der Waals surface area contributed by atoms with Crippen molar-refractivity contribution >= 4 is 33.2 Å². The Morgan fingerprint density at radius 2 is 1.89 bits per heavy atom. The molecule has 19 heavy (non-hydrogen) atoms.